The quantitative estimate of drug-likeness (QED) is 0.680. The fraction of sp³-hybridized carbons (Fsp3) is 0.708. The maximum Gasteiger partial charge on any atom is 0.410 e. The number of hydrogen-bond acceptors (Lipinski definition) is 5. The standard InChI is InChI=1S/C24H36ClN3O3/c1-24(2,3)31-23(29)28-11-12-30-16-22(28)20-14-18(25)13-17-5-10-27(15-21(17)20)19-6-8-26(4)9-7-19/h13-14,19,22H,5-12,15-16H2,1-4H3. The van der Waals surface area contributed by atoms with Crippen LogP contribution in [0.2, 0.25) is 5.02 Å². The predicted octanol–water partition coefficient (Wildman–Crippen LogP) is 4.10. The third kappa shape index (κ3) is 5.36. The van der Waals surface area contributed by atoms with E-state index in [9.17, 15) is 4.79 Å². The molecule has 2 saturated heterocycles. The molecule has 7 heteroatoms. The lowest BCUT2D eigenvalue weighted by molar-refractivity contribution is -0.0335. The highest BCUT2D eigenvalue weighted by molar-refractivity contribution is 6.30. The number of likely N-dealkylation sites (tertiary alicyclic amines) is 1. The van der Waals surface area contributed by atoms with Crippen LogP contribution >= 0.6 is 11.6 Å². The molecule has 3 heterocycles. The number of carbonyl (C=O) groups excluding carboxylic acids is 1. The lowest BCUT2D eigenvalue weighted by Crippen LogP contribution is -2.48. The normalized spacial score (nSPS) is 24.2. The van der Waals surface area contributed by atoms with Gasteiger partial charge in [-0.15, -0.1) is 0 Å². The SMILES string of the molecule is CN1CCC(N2CCc3cc(Cl)cc(C4COCCN4C(=O)OC(C)(C)C)c3C2)CC1. The summed E-state index contributed by atoms with van der Waals surface area (Å²) in [5, 5.41) is 0.733. The lowest BCUT2D eigenvalue weighted by Gasteiger charge is -2.42. The Bertz CT molecular complexity index is 802. The van der Waals surface area contributed by atoms with Crippen molar-refractivity contribution in [2.45, 2.75) is 64.3 Å². The Balaban J connectivity index is 1.61. The van der Waals surface area contributed by atoms with E-state index in [1.54, 1.807) is 0 Å². The van der Waals surface area contributed by atoms with E-state index >= 15 is 0 Å². The van der Waals surface area contributed by atoms with Gasteiger partial charge in [-0.1, -0.05) is 11.6 Å². The van der Waals surface area contributed by atoms with Gasteiger partial charge in [0, 0.05) is 30.7 Å². The molecule has 1 atom stereocenters. The summed E-state index contributed by atoms with van der Waals surface area (Å²) >= 11 is 6.54. The van der Waals surface area contributed by atoms with Crippen molar-refractivity contribution < 1.29 is 14.3 Å². The summed E-state index contributed by atoms with van der Waals surface area (Å²) in [5.74, 6) is 0. The molecule has 0 aliphatic carbocycles. The van der Waals surface area contributed by atoms with Crippen LogP contribution in [0.5, 0.6) is 0 Å². The first-order chi connectivity index (χ1) is 14.7. The first kappa shape index (κ1) is 22.8. The number of rotatable bonds is 2. The number of ether oxygens (including phenoxy) is 2. The number of benzene rings is 1. The van der Waals surface area contributed by atoms with E-state index < -0.39 is 5.60 Å². The van der Waals surface area contributed by atoms with Crippen LogP contribution in [0.25, 0.3) is 0 Å². The molecule has 0 aromatic heterocycles. The van der Waals surface area contributed by atoms with Crippen molar-refractivity contribution in [1.82, 2.24) is 14.7 Å². The zero-order valence-electron chi connectivity index (χ0n) is 19.3. The molecule has 0 N–H and O–H groups in total. The minimum atomic E-state index is -0.529. The number of fused-ring (bicyclic) bond motifs is 1. The van der Waals surface area contributed by atoms with Crippen molar-refractivity contribution in [3.8, 4) is 0 Å². The first-order valence-electron chi connectivity index (χ1n) is 11.5. The van der Waals surface area contributed by atoms with E-state index in [0.29, 0.717) is 25.8 Å². The van der Waals surface area contributed by atoms with Gasteiger partial charge in [0.25, 0.3) is 0 Å². The van der Waals surface area contributed by atoms with E-state index in [-0.39, 0.29) is 12.1 Å². The van der Waals surface area contributed by atoms with Crippen molar-refractivity contribution >= 4 is 17.7 Å². The Hall–Kier alpha value is -1.34. The zero-order chi connectivity index (χ0) is 22.2. The molecule has 6 nitrogen and oxygen atoms in total. The predicted molar refractivity (Wildman–Crippen MR) is 123 cm³/mol. The third-order valence-corrected chi connectivity index (χ3v) is 6.91. The fourth-order valence-corrected chi connectivity index (χ4v) is 5.30. The van der Waals surface area contributed by atoms with Gasteiger partial charge in [0.05, 0.1) is 19.3 Å². The Morgan fingerprint density at radius 1 is 1.16 bits per heavy atom. The Kier molecular flexibility index (Phi) is 6.82. The van der Waals surface area contributed by atoms with E-state index in [2.05, 4.69) is 22.9 Å². The molecule has 4 rings (SSSR count). The molecule has 0 spiro atoms. The number of halogens is 1. The Morgan fingerprint density at radius 2 is 1.90 bits per heavy atom. The smallest absolute Gasteiger partial charge is 0.410 e. The van der Waals surface area contributed by atoms with Crippen LogP contribution in [0.4, 0.5) is 4.79 Å². The van der Waals surface area contributed by atoms with Crippen molar-refractivity contribution in [1.29, 1.82) is 0 Å². The maximum absolute atomic E-state index is 13.0. The topological polar surface area (TPSA) is 45.2 Å². The van der Waals surface area contributed by atoms with E-state index in [0.717, 1.165) is 43.2 Å². The minimum Gasteiger partial charge on any atom is -0.444 e. The van der Waals surface area contributed by atoms with Crippen LogP contribution in [0.3, 0.4) is 0 Å². The van der Waals surface area contributed by atoms with Gasteiger partial charge in [-0.25, -0.2) is 4.79 Å². The van der Waals surface area contributed by atoms with Crippen molar-refractivity contribution in [2.24, 2.45) is 0 Å². The molecule has 1 amide bonds. The van der Waals surface area contributed by atoms with Crippen molar-refractivity contribution in [3.63, 3.8) is 0 Å². The molecule has 1 unspecified atom stereocenters. The summed E-state index contributed by atoms with van der Waals surface area (Å²) in [7, 11) is 2.20. The second-order valence-corrected chi connectivity index (χ2v) is 10.6. The average molecular weight is 450 g/mol. The molecular formula is C24H36ClN3O3. The average Bonchev–Trinajstić information content (AvgIpc) is 2.72. The van der Waals surface area contributed by atoms with Crippen molar-refractivity contribution in [2.75, 3.05) is 46.4 Å². The number of nitrogens with zero attached hydrogens (tertiary/aromatic N) is 3. The molecule has 172 valence electrons. The molecule has 2 fully saturated rings. The summed E-state index contributed by atoms with van der Waals surface area (Å²) in [6, 6.07) is 4.59. The lowest BCUT2D eigenvalue weighted by atomic mass is 9.89. The molecule has 3 aliphatic rings. The number of piperidine rings is 1. The zero-order valence-corrected chi connectivity index (χ0v) is 20.1. The summed E-state index contributed by atoms with van der Waals surface area (Å²) in [4.78, 5) is 19.9. The van der Waals surface area contributed by atoms with Gasteiger partial charge in [-0.3, -0.25) is 9.80 Å². The summed E-state index contributed by atoms with van der Waals surface area (Å²) in [5.41, 5.74) is 3.21. The van der Waals surface area contributed by atoms with Gasteiger partial charge in [-0.2, -0.15) is 0 Å². The molecule has 0 radical (unpaired) electrons. The highest BCUT2D eigenvalue weighted by atomic mass is 35.5. The molecule has 3 aliphatic heterocycles. The van der Waals surface area contributed by atoms with Gasteiger partial charge in [0.2, 0.25) is 0 Å². The molecular weight excluding hydrogens is 414 g/mol. The van der Waals surface area contributed by atoms with Crippen LogP contribution in [-0.2, 0) is 22.4 Å². The summed E-state index contributed by atoms with van der Waals surface area (Å²) in [6.45, 7) is 11.5. The van der Waals surface area contributed by atoms with E-state index in [4.69, 9.17) is 21.1 Å². The summed E-state index contributed by atoms with van der Waals surface area (Å²) < 4.78 is 11.5. The fourth-order valence-electron chi connectivity index (χ4n) is 5.05. The highest BCUT2D eigenvalue weighted by Gasteiger charge is 2.36. The largest absolute Gasteiger partial charge is 0.444 e. The van der Waals surface area contributed by atoms with Crippen LogP contribution < -0.4 is 0 Å². The molecule has 0 bridgehead atoms. The van der Waals surface area contributed by atoms with Crippen LogP contribution in [0.15, 0.2) is 12.1 Å². The first-order valence-corrected chi connectivity index (χ1v) is 11.9. The maximum atomic E-state index is 13.0. The second kappa shape index (κ2) is 9.26. The Morgan fingerprint density at radius 3 is 2.61 bits per heavy atom. The summed E-state index contributed by atoms with van der Waals surface area (Å²) in [6.07, 6.45) is 3.14. The monoisotopic (exact) mass is 449 g/mol. The van der Waals surface area contributed by atoms with Gasteiger partial charge in [0.15, 0.2) is 0 Å². The van der Waals surface area contributed by atoms with Crippen LogP contribution in [0, 0.1) is 0 Å². The second-order valence-electron chi connectivity index (χ2n) is 10.2. The van der Waals surface area contributed by atoms with Gasteiger partial charge in [-0.05, 0) is 89.0 Å². The van der Waals surface area contributed by atoms with Gasteiger partial charge >= 0.3 is 6.09 Å². The van der Waals surface area contributed by atoms with Crippen LogP contribution in [-0.4, -0.2) is 78.9 Å². The molecule has 1 aromatic rings. The number of morpholine rings is 1. The number of amides is 1. The van der Waals surface area contributed by atoms with Crippen molar-refractivity contribution in [3.05, 3.63) is 33.8 Å². The Labute approximate surface area is 191 Å². The number of carbonyl (C=O) groups is 1. The molecule has 1 aromatic carbocycles. The number of hydrogen-bond donors (Lipinski definition) is 0. The van der Waals surface area contributed by atoms with Crippen LogP contribution in [0.1, 0.15) is 56.3 Å². The van der Waals surface area contributed by atoms with Gasteiger partial charge in [0.1, 0.15) is 5.60 Å². The van der Waals surface area contributed by atoms with E-state index in [1.807, 2.05) is 31.7 Å². The van der Waals surface area contributed by atoms with Gasteiger partial charge < -0.3 is 14.4 Å². The molecule has 31 heavy (non-hydrogen) atoms. The molecule has 0 saturated carbocycles. The third-order valence-electron chi connectivity index (χ3n) is 6.69. The minimum absolute atomic E-state index is 0.173. The highest BCUT2D eigenvalue weighted by Crippen LogP contribution is 2.36. The van der Waals surface area contributed by atoms with E-state index in [1.165, 1.54) is 24.0 Å².